The van der Waals surface area contributed by atoms with Crippen LogP contribution in [0.4, 0.5) is 0 Å². The Morgan fingerprint density at radius 2 is 1.87 bits per heavy atom. The van der Waals surface area contributed by atoms with Crippen LogP contribution in [0.5, 0.6) is 11.5 Å². The number of carbonyl (C=O) groups is 1. The summed E-state index contributed by atoms with van der Waals surface area (Å²) in [7, 11) is 3.20. The van der Waals surface area contributed by atoms with Crippen molar-refractivity contribution in [3.8, 4) is 22.8 Å². The third-order valence-electron chi connectivity index (χ3n) is 6.26. The van der Waals surface area contributed by atoms with E-state index < -0.39 is 0 Å². The molecule has 0 aliphatic carbocycles. The SMILES string of the molecule is COc1ccc(OC)c(-c2cc(C(=O)N3CCC(CCN4CCOCC4)CC3)no2)c1. The van der Waals surface area contributed by atoms with Gasteiger partial charge in [-0.1, -0.05) is 5.16 Å². The molecule has 1 amide bonds. The predicted molar refractivity (Wildman–Crippen MR) is 116 cm³/mol. The first kappa shape index (κ1) is 21.6. The lowest BCUT2D eigenvalue weighted by Crippen LogP contribution is -2.40. The van der Waals surface area contributed by atoms with E-state index >= 15 is 0 Å². The topological polar surface area (TPSA) is 77.3 Å². The third-order valence-corrected chi connectivity index (χ3v) is 6.26. The first-order valence-corrected chi connectivity index (χ1v) is 11.0. The highest BCUT2D eigenvalue weighted by atomic mass is 16.5. The second-order valence-corrected chi connectivity index (χ2v) is 8.12. The molecule has 2 aliphatic heterocycles. The molecular formula is C23H31N3O5. The molecule has 3 heterocycles. The van der Waals surface area contributed by atoms with E-state index in [1.807, 2.05) is 17.0 Å². The Morgan fingerprint density at radius 1 is 1.10 bits per heavy atom. The van der Waals surface area contributed by atoms with Gasteiger partial charge in [-0.05, 0) is 49.9 Å². The van der Waals surface area contributed by atoms with Crippen LogP contribution in [0.25, 0.3) is 11.3 Å². The Morgan fingerprint density at radius 3 is 2.58 bits per heavy atom. The fraction of sp³-hybridized carbons (Fsp3) is 0.565. The molecular weight excluding hydrogens is 398 g/mol. The van der Waals surface area contributed by atoms with Crippen LogP contribution in [0.2, 0.25) is 0 Å². The van der Waals surface area contributed by atoms with Crippen molar-refractivity contribution in [2.45, 2.75) is 19.3 Å². The summed E-state index contributed by atoms with van der Waals surface area (Å²) in [4.78, 5) is 17.3. The van der Waals surface area contributed by atoms with Gasteiger partial charge in [-0.2, -0.15) is 0 Å². The molecule has 31 heavy (non-hydrogen) atoms. The zero-order valence-corrected chi connectivity index (χ0v) is 18.3. The first-order valence-electron chi connectivity index (χ1n) is 11.0. The van der Waals surface area contributed by atoms with Gasteiger partial charge in [-0.25, -0.2) is 0 Å². The average molecular weight is 430 g/mol. The third kappa shape index (κ3) is 5.19. The average Bonchev–Trinajstić information content (AvgIpc) is 3.33. The maximum atomic E-state index is 13.0. The van der Waals surface area contributed by atoms with Crippen molar-refractivity contribution in [3.05, 3.63) is 30.0 Å². The van der Waals surface area contributed by atoms with Crippen LogP contribution in [0.1, 0.15) is 29.8 Å². The van der Waals surface area contributed by atoms with Crippen LogP contribution < -0.4 is 9.47 Å². The summed E-state index contributed by atoms with van der Waals surface area (Å²) in [5.74, 6) is 2.39. The largest absolute Gasteiger partial charge is 0.497 e. The number of hydrogen-bond donors (Lipinski definition) is 0. The van der Waals surface area contributed by atoms with Gasteiger partial charge in [0, 0.05) is 32.2 Å². The molecule has 0 radical (unpaired) electrons. The number of nitrogens with zero attached hydrogens (tertiary/aromatic N) is 3. The van der Waals surface area contributed by atoms with Gasteiger partial charge < -0.3 is 23.6 Å². The Kier molecular flexibility index (Phi) is 7.09. The molecule has 0 saturated carbocycles. The number of hydrogen-bond acceptors (Lipinski definition) is 7. The van der Waals surface area contributed by atoms with Crippen molar-refractivity contribution in [1.82, 2.24) is 15.0 Å². The molecule has 1 aromatic heterocycles. The number of aromatic nitrogens is 1. The molecule has 2 saturated heterocycles. The minimum Gasteiger partial charge on any atom is -0.497 e. The van der Waals surface area contributed by atoms with E-state index in [0.717, 1.165) is 58.8 Å². The van der Waals surface area contributed by atoms with Gasteiger partial charge in [0.2, 0.25) is 0 Å². The zero-order valence-electron chi connectivity index (χ0n) is 18.3. The number of carbonyl (C=O) groups excluding carboxylic acids is 1. The quantitative estimate of drug-likeness (QED) is 0.670. The number of piperidine rings is 1. The van der Waals surface area contributed by atoms with E-state index in [-0.39, 0.29) is 5.91 Å². The molecule has 0 spiro atoms. The minimum atomic E-state index is -0.0801. The predicted octanol–water partition coefficient (Wildman–Crippen LogP) is 2.93. The van der Waals surface area contributed by atoms with E-state index in [0.29, 0.717) is 34.4 Å². The molecule has 0 atom stereocenters. The maximum Gasteiger partial charge on any atom is 0.276 e. The molecule has 168 valence electrons. The normalized spacial score (nSPS) is 18.2. The summed E-state index contributed by atoms with van der Waals surface area (Å²) in [6.45, 7) is 6.39. The lowest BCUT2D eigenvalue weighted by Gasteiger charge is -2.33. The van der Waals surface area contributed by atoms with E-state index in [2.05, 4.69) is 10.1 Å². The highest BCUT2D eigenvalue weighted by molar-refractivity contribution is 5.93. The van der Waals surface area contributed by atoms with Crippen LogP contribution in [-0.2, 0) is 4.74 Å². The van der Waals surface area contributed by atoms with Crippen LogP contribution in [-0.4, -0.2) is 81.0 Å². The Labute approximate surface area is 183 Å². The lowest BCUT2D eigenvalue weighted by atomic mass is 9.93. The molecule has 2 aromatic rings. The second kappa shape index (κ2) is 10.2. The molecule has 0 bridgehead atoms. The second-order valence-electron chi connectivity index (χ2n) is 8.12. The van der Waals surface area contributed by atoms with Gasteiger partial charge in [0.25, 0.3) is 5.91 Å². The summed E-state index contributed by atoms with van der Waals surface area (Å²) in [6.07, 6.45) is 3.25. The molecule has 2 aliphatic rings. The lowest BCUT2D eigenvalue weighted by molar-refractivity contribution is 0.0331. The highest BCUT2D eigenvalue weighted by Crippen LogP contribution is 2.34. The van der Waals surface area contributed by atoms with Gasteiger partial charge in [0.15, 0.2) is 11.5 Å². The van der Waals surface area contributed by atoms with E-state index in [4.69, 9.17) is 18.7 Å². The number of morpholine rings is 1. The van der Waals surface area contributed by atoms with Crippen molar-refractivity contribution in [1.29, 1.82) is 0 Å². The smallest absolute Gasteiger partial charge is 0.276 e. The molecule has 0 unspecified atom stereocenters. The molecule has 8 heteroatoms. The standard InChI is InChI=1S/C23H31N3O5/c1-28-18-3-4-21(29-2)19(15-18)22-16-20(24-31-22)23(27)26-9-6-17(7-10-26)5-8-25-11-13-30-14-12-25/h3-4,15-17H,5-14H2,1-2H3. The number of likely N-dealkylation sites (tertiary alicyclic amines) is 1. The summed E-state index contributed by atoms with van der Waals surface area (Å²) >= 11 is 0. The zero-order chi connectivity index (χ0) is 21.6. The van der Waals surface area contributed by atoms with Gasteiger partial charge in [0.1, 0.15) is 11.5 Å². The minimum absolute atomic E-state index is 0.0801. The highest BCUT2D eigenvalue weighted by Gasteiger charge is 2.27. The monoisotopic (exact) mass is 429 g/mol. The summed E-state index contributed by atoms with van der Waals surface area (Å²) < 4.78 is 21.6. The van der Waals surface area contributed by atoms with Crippen molar-refractivity contribution in [2.75, 3.05) is 60.2 Å². The fourth-order valence-corrected chi connectivity index (χ4v) is 4.29. The summed E-state index contributed by atoms with van der Waals surface area (Å²) in [5, 5.41) is 4.03. The van der Waals surface area contributed by atoms with E-state index in [1.54, 1.807) is 26.4 Å². The Hall–Kier alpha value is -2.58. The number of ether oxygens (including phenoxy) is 3. The molecule has 1 aromatic carbocycles. The summed E-state index contributed by atoms with van der Waals surface area (Å²) in [5.41, 5.74) is 1.03. The van der Waals surface area contributed by atoms with Gasteiger partial charge >= 0.3 is 0 Å². The van der Waals surface area contributed by atoms with Crippen LogP contribution >= 0.6 is 0 Å². The van der Waals surface area contributed by atoms with Crippen LogP contribution in [0.3, 0.4) is 0 Å². The fourth-order valence-electron chi connectivity index (χ4n) is 4.29. The van der Waals surface area contributed by atoms with Crippen molar-refractivity contribution >= 4 is 5.91 Å². The molecule has 2 fully saturated rings. The van der Waals surface area contributed by atoms with Crippen LogP contribution in [0.15, 0.2) is 28.8 Å². The molecule has 0 N–H and O–H groups in total. The van der Waals surface area contributed by atoms with E-state index in [1.165, 1.54) is 6.42 Å². The molecule has 8 nitrogen and oxygen atoms in total. The number of methoxy groups -OCH3 is 2. The van der Waals surface area contributed by atoms with Crippen LogP contribution in [0, 0.1) is 5.92 Å². The maximum absolute atomic E-state index is 13.0. The van der Waals surface area contributed by atoms with E-state index in [9.17, 15) is 4.79 Å². The van der Waals surface area contributed by atoms with Gasteiger partial charge in [-0.3, -0.25) is 9.69 Å². The number of benzene rings is 1. The van der Waals surface area contributed by atoms with Gasteiger partial charge in [0.05, 0.1) is 33.0 Å². The Bertz CT molecular complexity index is 870. The van der Waals surface area contributed by atoms with Gasteiger partial charge in [-0.15, -0.1) is 0 Å². The summed E-state index contributed by atoms with van der Waals surface area (Å²) in [6, 6.07) is 7.12. The Balaban J connectivity index is 1.33. The molecule has 4 rings (SSSR count). The number of amides is 1. The van der Waals surface area contributed by atoms with Crippen molar-refractivity contribution in [3.63, 3.8) is 0 Å². The van der Waals surface area contributed by atoms with Crippen molar-refractivity contribution in [2.24, 2.45) is 5.92 Å². The van der Waals surface area contributed by atoms with Crippen molar-refractivity contribution < 1.29 is 23.5 Å². The first-order chi connectivity index (χ1) is 15.2. The number of rotatable bonds is 7.